The van der Waals surface area contributed by atoms with E-state index >= 15 is 0 Å². The largest absolute Gasteiger partial charge is 0.364 e. The van der Waals surface area contributed by atoms with Gasteiger partial charge in [0.2, 0.25) is 0 Å². The first kappa shape index (κ1) is 13.6. The van der Waals surface area contributed by atoms with Crippen LogP contribution in [0.15, 0.2) is 6.07 Å². The number of primary amides is 1. The summed E-state index contributed by atoms with van der Waals surface area (Å²) in [5, 5.41) is 1.04. The van der Waals surface area contributed by atoms with Gasteiger partial charge in [0.1, 0.15) is 5.69 Å². The number of amides is 1. The van der Waals surface area contributed by atoms with Crippen LogP contribution in [0.1, 0.15) is 61.1 Å². The second-order valence-corrected chi connectivity index (χ2v) is 7.81. The lowest BCUT2D eigenvalue weighted by Gasteiger charge is -2.35. The molecule has 0 aromatic carbocycles. The first-order chi connectivity index (χ1) is 9.37. The zero-order chi connectivity index (χ0) is 14.5. The normalized spacial score (nSPS) is 19.6. The summed E-state index contributed by atoms with van der Waals surface area (Å²) in [7, 11) is 0. The maximum Gasteiger partial charge on any atom is 0.265 e. The quantitative estimate of drug-likeness (QED) is 0.918. The van der Waals surface area contributed by atoms with Gasteiger partial charge in [0.05, 0.1) is 9.71 Å². The van der Waals surface area contributed by atoms with E-state index in [4.69, 9.17) is 5.73 Å². The van der Waals surface area contributed by atoms with Crippen molar-refractivity contribution in [2.45, 2.75) is 52.5 Å². The molecule has 0 radical (unpaired) electrons. The molecule has 2 heterocycles. The van der Waals surface area contributed by atoms with Gasteiger partial charge in [-0.05, 0) is 44.1 Å². The Morgan fingerprint density at radius 3 is 2.70 bits per heavy atom. The van der Waals surface area contributed by atoms with Crippen LogP contribution in [0.5, 0.6) is 0 Å². The van der Waals surface area contributed by atoms with Gasteiger partial charge >= 0.3 is 0 Å². The number of rotatable bonds is 2. The fourth-order valence-corrected chi connectivity index (χ4v) is 4.06. The number of carbonyl (C=O) groups excluding carboxylic acids is 1. The zero-order valence-corrected chi connectivity index (χ0v) is 13.1. The van der Waals surface area contributed by atoms with Crippen molar-refractivity contribution in [1.82, 2.24) is 9.55 Å². The number of hydrogen-bond donors (Lipinski definition) is 1. The Balaban J connectivity index is 2.04. The Kier molecular flexibility index (Phi) is 3.12. The highest BCUT2D eigenvalue weighted by atomic mass is 32.1. The molecule has 0 bridgehead atoms. The number of carbonyl (C=O) groups is 1. The highest BCUT2D eigenvalue weighted by molar-refractivity contribution is 7.18. The summed E-state index contributed by atoms with van der Waals surface area (Å²) in [6.45, 7) is 6.63. The first-order valence-electron chi connectivity index (χ1n) is 7.15. The minimum absolute atomic E-state index is 0.349. The zero-order valence-electron chi connectivity index (χ0n) is 12.3. The summed E-state index contributed by atoms with van der Waals surface area (Å²) in [6.07, 6.45) is 4.54. The minimum Gasteiger partial charge on any atom is -0.364 e. The van der Waals surface area contributed by atoms with Crippen LogP contribution in [0.4, 0.5) is 0 Å². The van der Waals surface area contributed by atoms with Crippen molar-refractivity contribution in [1.29, 1.82) is 0 Å². The Morgan fingerprint density at radius 1 is 1.45 bits per heavy atom. The van der Waals surface area contributed by atoms with Crippen LogP contribution in [0.2, 0.25) is 0 Å². The second kappa shape index (κ2) is 4.58. The molecule has 2 aromatic rings. The molecule has 20 heavy (non-hydrogen) atoms. The van der Waals surface area contributed by atoms with E-state index < -0.39 is 0 Å². The molecule has 5 heteroatoms. The van der Waals surface area contributed by atoms with Gasteiger partial charge < -0.3 is 10.3 Å². The van der Waals surface area contributed by atoms with Crippen LogP contribution in [0.25, 0.3) is 10.3 Å². The maximum absolute atomic E-state index is 11.7. The number of thiazole rings is 1. The SMILES string of the molecule is Cc1nc2c(cc(C(N)=O)n2C2CCC(C)(C)CC2)s1. The molecule has 0 aliphatic heterocycles. The molecule has 1 aliphatic carbocycles. The molecular weight excluding hydrogens is 270 g/mol. The van der Waals surface area contributed by atoms with Crippen molar-refractivity contribution in [3.63, 3.8) is 0 Å². The third-order valence-electron chi connectivity index (χ3n) is 4.42. The van der Waals surface area contributed by atoms with Crippen molar-refractivity contribution >= 4 is 27.6 Å². The fourth-order valence-electron chi connectivity index (χ4n) is 3.21. The molecule has 4 nitrogen and oxygen atoms in total. The van der Waals surface area contributed by atoms with Crippen molar-refractivity contribution in [3.05, 3.63) is 16.8 Å². The van der Waals surface area contributed by atoms with Crippen LogP contribution in [-0.4, -0.2) is 15.5 Å². The third-order valence-corrected chi connectivity index (χ3v) is 5.33. The van der Waals surface area contributed by atoms with Crippen LogP contribution < -0.4 is 5.73 Å². The van der Waals surface area contributed by atoms with E-state index in [2.05, 4.69) is 23.4 Å². The summed E-state index contributed by atoms with van der Waals surface area (Å²) in [5.41, 5.74) is 7.51. The average Bonchev–Trinajstić information content (AvgIpc) is 2.85. The Bertz CT molecular complexity index is 658. The van der Waals surface area contributed by atoms with E-state index in [9.17, 15) is 4.79 Å². The van der Waals surface area contributed by atoms with Gasteiger partial charge in [-0.15, -0.1) is 11.3 Å². The van der Waals surface area contributed by atoms with Crippen LogP contribution in [-0.2, 0) is 0 Å². The number of hydrogen-bond acceptors (Lipinski definition) is 3. The summed E-state index contributed by atoms with van der Waals surface area (Å²) < 4.78 is 3.16. The minimum atomic E-state index is -0.349. The average molecular weight is 291 g/mol. The number of nitrogens with two attached hydrogens (primary N) is 1. The van der Waals surface area contributed by atoms with E-state index in [1.807, 2.05) is 13.0 Å². The van der Waals surface area contributed by atoms with Gasteiger partial charge in [0.15, 0.2) is 5.65 Å². The van der Waals surface area contributed by atoms with Crippen molar-refractivity contribution in [3.8, 4) is 0 Å². The van der Waals surface area contributed by atoms with E-state index in [1.54, 1.807) is 11.3 Å². The number of aryl methyl sites for hydroxylation is 1. The first-order valence-corrected chi connectivity index (χ1v) is 7.97. The molecule has 1 amide bonds. The van der Waals surface area contributed by atoms with E-state index in [1.165, 1.54) is 12.8 Å². The number of aromatic nitrogens is 2. The molecule has 2 N–H and O–H groups in total. The Labute approximate surface area is 123 Å². The maximum atomic E-state index is 11.7. The molecule has 0 atom stereocenters. The molecule has 0 saturated heterocycles. The van der Waals surface area contributed by atoms with Gasteiger partial charge in [-0.25, -0.2) is 4.98 Å². The molecule has 3 rings (SSSR count). The summed E-state index contributed by atoms with van der Waals surface area (Å²) in [5.74, 6) is -0.349. The van der Waals surface area contributed by atoms with E-state index in [0.29, 0.717) is 17.2 Å². The van der Waals surface area contributed by atoms with Gasteiger partial charge in [-0.3, -0.25) is 4.79 Å². The summed E-state index contributed by atoms with van der Waals surface area (Å²) in [6, 6.07) is 2.26. The van der Waals surface area contributed by atoms with Crippen molar-refractivity contribution < 1.29 is 4.79 Å². The monoisotopic (exact) mass is 291 g/mol. The Hall–Kier alpha value is -1.36. The number of nitrogens with zero attached hydrogens (tertiary/aromatic N) is 2. The highest BCUT2D eigenvalue weighted by Gasteiger charge is 2.30. The predicted octanol–water partition coefficient (Wildman–Crippen LogP) is 3.65. The van der Waals surface area contributed by atoms with Crippen molar-refractivity contribution in [2.75, 3.05) is 0 Å². The van der Waals surface area contributed by atoms with Crippen molar-refractivity contribution in [2.24, 2.45) is 11.1 Å². The lowest BCUT2D eigenvalue weighted by atomic mass is 9.75. The van der Waals surface area contributed by atoms with Gasteiger partial charge in [-0.1, -0.05) is 13.8 Å². The number of fused-ring (bicyclic) bond motifs is 1. The highest BCUT2D eigenvalue weighted by Crippen LogP contribution is 2.42. The smallest absolute Gasteiger partial charge is 0.265 e. The second-order valence-electron chi connectivity index (χ2n) is 6.58. The molecule has 1 fully saturated rings. The predicted molar refractivity (Wildman–Crippen MR) is 82.2 cm³/mol. The fraction of sp³-hybridized carbons (Fsp3) is 0.600. The van der Waals surface area contributed by atoms with Crippen LogP contribution >= 0.6 is 11.3 Å². The van der Waals surface area contributed by atoms with Gasteiger partial charge in [0, 0.05) is 6.04 Å². The van der Waals surface area contributed by atoms with Crippen LogP contribution in [0, 0.1) is 12.3 Å². The topological polar surface area (TPSA) is 60.9 Å². The van der Waals surface area contributed by atoms with Gasteiger partial charge in [-0.2, -0.15) is 0 Å². The molecule has 1 saturated carbocycles. The summed E-state index contributed by atoms with van der Waals surface area (Å²) >= 11 is 1.63. The Morgan fingerprint density at radius 2 is 2.10 bits per heavy atom. The molecule has 0 unspecified atom stereocenters. The molecule has 108 valence electrons. The van der Waals surface area contributed by atoms with Gasteiger partial charge in [0.25, 0.3) is 5.91 Å². The third kappa shape index (κ3) is 2.24. The van der Waals surface area contributed by atoms with E-state index in [-0.39, 0.29) is 5.91 Å². The molecule has 0 spiro atoms. The lowest BCUT2D eigenvalue weighted by Crippen LogP contribution is -2.26. The lowest BCUT2D eigenvalue weighted by molar-refractivity contribution is 0.0985. The summed E-state index contributed by atoms with van der Waals surface area (Å²) in [4.78, 5) is 16.3. The molecule has 2 aromatic heterocycles. The molecule has 1 aliphatic rings. The molecular formula is C15H21N3OS. The van der Waals surface area contributed by atoms with E-state index in [0.717, 1.165) is 28.2 Å². The van der Waals surface area contributed by atoms with Crippen LogP contribution in [0.3, 0.4) is 0 Å². The standard InChI is InChI=1S/C15H21N3OS/c1-9-17-14-12(20-9)8-11(13(16)19)18(14)10-4-6-15(2,3)7-5-10/h8,10H,4-7H2,1-3H3,(H2,16,19).